The summed E-state index contributed by atoms with van der Waals surface area (Å²) in [5, 5.41) is 3.40. The molecule has 1 rings (SSSR count). The fourth-order valence-electron chi connectivity index (χ4n) is 0.832. The molecule has 0 aliphatic rings. The molecule has 0 bridgehead atoms. The first-order valence-corrected chi connectivity index (χ1v) is 4.62. The number of hydrogen-bond acceptors (Lipinski definition) is 2. The van der Waals surface area contributed by atoms with Gasteiger partial charge in [0.1, 0.15) is 0 Å². The summed E-state index contributed by atoms with van der Waals surface area (Å²) in [4.78, 5) is 14.6. The van der Waals surface area contributed by atoms with Crippen LogP contribution in [0.5, 0.6) is 0 Å². The number of amides is 1. The van der Waals surface area contributed by atoms with E-state index in [0.717, 1.165) is 16.6 Å². The van der Waals surface area contributed by atoms with Gasteiger partial charge in [-0.1, -0.05) is 15.9 Å². The van der Waals surface area contributed by atoms with Crippen molar-refractivity contribution in [3.8, 4) is 0 Å². The molecule has 1 amide bonds. The number of nitrogens with one attached hydrogen (secondary N) is 1. The molecule has 0 atom stereocenters. The zero-order chi connectivity index (χ0) is 8.97. The Morgan fingerprint density at radius 2 is 2.42 bits per heavy atom. The zero-order valence-electron chi connectivity index (χ0n) is 6.67. The highest BCUT2D eigenvalue weighted by Crippen LogP contribution is 2.10. The molecule has 64 valence electrons. The molecule has 0 saturated carbocycles. The first-order chi connectivity index (χ1) is 5.72. The van der Waals surface area contributed by atoms with E-state index in [1.54, 1.807) is 12.4 Å². The monoisotopic (exact) mass is 228 g/mol. The number of carbonyl (C=O) groups excluding carboxylic acids is 1. The second-order valence-electron chi connectivity index (χ2n) is 2.40. The van der Waals surface area contributed by atoms with Crippen LogP contribution in [0.2, 0.25) is 0 Å². The van der Waals surface area contributed by atoms with Crippen molar-refractivity contribution in [3.05, 3.63) is 24.0 Å². The van der Waals surface area contributed by atoms with Gasteiger partial charge in [0, 0.05) is 18.5 Å². The van der Waals surface area contributed by atoms with Crippen LogP contribution >= 0.6 is 15.9 Å². The van der Waals surface area contributed by atoms with E-state index in [9.17, 15) is 4.79 Å². The molecular weight excluding hydrogens is 220 g/mol. The van der Waals surface area contributed by atoms with Crippen LogP contribution in [0.4, 0.5) is 5.69 Å². The lowest BCUT2D eigenvalue weighted by Gasteiger charge is -2.01. The van der Waals surface area contributed by atoms with Crippen LogP contribution < -0.4 is 5.32 Å². The molecule has 0 aliphatic carbocycles. The van der Waals surface area contributed by atoms with Crippen molar-refractivity contribution in [2.75, 3.05) is 5.32 Å². The van der Waals surface area contributed by atoms with Gasteiger partial charge in [-0.3, -0.25) is 9.78 Å². The van der Waals surface area contributed by atoms with Crippen molar-refractivity contribution in [2.45, 2.75) is 12.3 Å². The fraction of sp³-hybridized carbons (Fsp3) is 0.250. The summed E-state index contributed by atoms with van der Waals surface area (Å²) >= 11 is 3.31. The van der Waals surface area contributed by atoms with E-state index in [0.29, 0.717) is 0 Å². The molecule has 0 unspecified atom stereocenters. The number of hydrogen-bond donors (Lipinski definition) is 1. The maximum absolute atomic E-state index is 10.7. The van der Waals surface area contributed by atoms with Crippen molar-refractivity contribution in [2.24, 2.45) is 0 Å². The van der Waals surface area contributed by atoms with E-state index in [-0.39, 0.29) is 5.91 Å². The van der Waals surface area contributed by atoms with Crippen LogP contribution in [0.3, 0.4) is 0 Å². The van der Waals surface area contributed by atoms with E-state index >= 15 is 0 Å². The molecule has 0 aromatic carbocycles. The number of aromatic nitrogens is 1. The smallest absolute Gasteiger partial charge is 0.221 e. The zero-order valence-corrected chi connectivity index (χ0v) is 8.26. The van der Waals surface area contributed by atoms with E-state index < -0.39 is 0 Å². The Balaban J connectivity index is 2.79. The Morgan fingerprint density at radius 3 is 3.00 bits per heavy atom. The quantitative estimate of drug-likeness (QED) is 0.787. The van der Waals surface area contributed by atoms with Gasteiger partial charge in [0.15, 0.2) is 0 Å². The minimum Gasteiger partial charge on any atom is -0.325 e. The van der Waals surface area contributed by atoms with E-state index in [1.807, 2.05) is 6.07 Å². The summed E-state index contributed by atoms with van der Waals surface area (Å²) in [6.45, 7) is 1.47. The highest BCUT2D eigenvalue weighted by molar-refractivity contribution is 9.08. The number of anilines is 1. The maximum atomic E-state index is 10.7. The molecule has 1 N–H and O–H groups in total. The van der Waals surface area contributed by atoms with Gasteiger partial charge in [-0.05, 0) is 11.6 Å². The number of pyridine rings is 1. The number of carbonyl (C=O) groups is 1. The molecule has 0 saturated heterocycles. The number of halogens is 1. The van der Waals surface area contributed by atoms with Crippen molar-refractivity contribution in [1.29, 1.82) is 0 Å². The van der Waals surface area contributed by atoms with Crippen molar-refractivity contribution >= 4 is 27.5 Å². The van der Waals surface area contributed by atoms with Gasteiger partial charge in [0.05, 0.1) is 11.9 Å². The first-order valence-electron chi connectivity index (χ1n) is 3.50. The Hall–Kier alpha value is -0.900. The van der Waals surface area contributed by atoms with E-state index in [4.69, 9.17) is 0 Å². The molecule has 3 nitrogen and oxygen atoms in total. The molecule has 1 aromatic rings. The van der Waals surface area contributed by atoms with Crippen LogP contribution in [0.25, 0.3) is 0 Å². The largest absolute Gasteiger partial charge is 0.325 e. The normalized spacial score (nSPS) is 9.50. The molecular formula is C8H9BrN2O. The van der Waals surface area contributed by atoms with Gasteiger partial charge < -0.3 is 5.32 Å². The van der Waals surface area contributed by atoms with Gasteiger partial charge in [0.25, 0.3) is 0 Å². The Morgan fingerprint density at radius 1 is 1.67 bits per heavy atom. The van der Waals surface area contributed by atoms with E-state index in [1.165, 1.54) is 6.92 Å². The number of alkyl halides is 1. The van der Waals surface area contributed by atoms with Gasteiger partial charge in [-0.25, -0.2) is 0 Å². The average Bonchev–Trinajstić information content (AvgIpc) is 2.03. The fourth-order valence-corrected chi connectivity index (χ4v) is 1.14. The van der Waals surface area contributed by atoms with Crippen LogP contribution in [0.15, 0.2) is 18.5 Å². The Kier molecular flexibility index (Phi) is 3.22. The molecule has 1 heterocycles. The molecule has 4 heteroatoms. The topological polar surface area (TPSA) is 42.0 Å². The average molecular weight is 229 g/mol. The Bertz CT molecular complexity index is 288. The van der Waals surface area contributed by atoms with E-state index in [2.05, 4.69) is 26.2 Å². The van der Waals surface area contributed by atoms with Crippen LogP contribution in [0, 0.1) is 0 Å². The molecule has 0 fully saturated rings. The van der Waals surface area contributed by atoms with Crippen molar-refractivity contribution in [1.82, 2.24) is 4.98 Å². The third-order valence-electron chi connectivity index (χ3n) is 1.27. The van der Waals surface area contributed by atoms with Crippen molar-refractivity contribution in [3.63, 3.8) is 0 Å². The van der Waals surface area contributed by atoms with Crippen LogP contribution in [-0.2, 0) is 10.1 Å². The number of nitrogens with zero attached hydrogens (tertiary/aromatic N) is 1. The SMILES string of the molecule is CC(=O)Nc1cncc(CBr)c1. The maximum Gasteiger partial charge on any atom is 0.221 e. The third kappa shape index (κ3) is 2.62. The lowest BCUT2D eigenvalue weighted by Crippen LogP contribution is -2.06. The highest BCUT2D eigenvalue weighted by atomic mass is 79.9. The lowest BCUT2D eigenvalue weighted by molar-refractivity contribution is -0.114. The van der Waals surface area contributed by atoms with Gasteiger partial charge in [0.2, 0.25) is 5.91 Å². The first kappa shape index (κ1) is 9.19. The predicted molar refractivity (Wildman–Crippen MR) is 51.2 cm³/mol. The lowest BCUT2D eigenvalue weighted by atomic mass is 10.3. The Labute approximate surface area is 79.3 Å². The molecule has 12 heavy (non-hydrogen) atoms. The summed E-state index contributed by atoms with van der Waals surface area (Å²) < 4.78 is 0. The summed E-state index contributed by atoms with van der Waals surface area (Å²) in [7, 11) is 0. The second-order valence-corrected chi connectivity index (χ2v) is 2.96. The van der Waals surface area contributed by atoms with Crippen LogP contribution in [0.1, 0.15) is 12.5 Å². The molecule has 0 radical (unpaired) electrons. The standard InChI is InChI=1S/C8H9BrN2O/c1-6(12)11-8-2-7(3-9)4-10-5-8/h2,4-5H,3H2,1H3,(H,11,12). The predicted octanol–water partition coefficient (Wildman–Crippen LogP) is 1.93. The second kappa shape index (κ2) is 4.21. The van der Waals surface area contributed by atoms with Gasteiger partial charge in [-0.2, -0.15) is 0 Å². The van der Waals surface area contributed by atoms with Gasteiger partial charge in [-0.15, -0.1) is 0 Å². The summed E-state index contributed by atoms with van der Waals surface area (Å²) in [5.41, 5.74) is 1.78. The molecule has 1 aromatic heterocycles. The third-order valence-corrected chi connectivity index (χ3v) is 1.92. The highest BCUT2D eigenvalue weighted by Gasteiger charge is 1.96. The minimum absolute atomic E-state index is 0.0801. The summed E-state index contributed by atoms with van der Waals surface area (Å²) in [6, 6.07) is 1.88. The molecule has 0 spiro atoms. The van der Waals surface area contributed by atoms with Crippen LogP contribution in [-0.4, -0.2) is 10.9 Å². The summed E-state index contributed by atoms with van der Waals surface area (Å²) in [5.74, 6) is -0.0801. The minimum atomic E-state index is -0.0801. The molecule has 0 aliphatic heterocycles. The van der Waals surface area contributed by atoms with Gasteiger partial charge >= 0.3 is 0 Å². The van der Waals surface area contributed by atoms with Crippen molar-refractivity contribution < 1.29 is 4.79 Å². The number of rotatable bonds is 2. The summed E-state index contributed by atoms with van der Waals surface area (Å²) in [6.07, 6.45) is 3.37.